The van der Waals surface area contributed by atoms with Crippen molar-refractivity contribution >= 4 is 49.4 Å². The zero-order valence-electron chi connectivity index (χ0n) is 11.2. The van der Waals surface area contributed by atoms with Gasteiger partial charge in [0.2, 0.25) is 0 Å². The number of hydrogen-bond donors (Lipinski definition) is 1. The van der Waals surface area contributed by atoms with Crippen molar-refractivity contribution in [3.63, 3.8) is 0 Å². The molecule has 0 aliphatic carbocycles. The van der Waals surface area contributed by atoms with Gasteiger partial charge in [0.25, 0.3) is 0 Å². The van der Waals surface area contributed by atoms with Crippen LogP contribution < -0.4 is 5.32 Å². The van der Waals surface area contributed by atoms with Crippen LogP contribution >= 0.6 is 31.9 Å². The Morgan fingerprint density at radius 2 is 1.82 bits per heavy atom. The first kappa shape index (κ1) is 16.4. The monoisotopic (exact) mass is 423 g/mol. The molecule has 2 aromatic carbocycles. The summed E-state index contributed by atoms with van der Waals surface area (Å²) in [6.07, 6.45) is 2.52. The molecule has 0 heterocycles. The van der Waals surface area contributed by atoms with Crippen molar-refractivity contribution in [2.45, 2.75) is 0 Å². The SMILES string of the molecule is O=[N+]([O-])/C(C=Nc1cccc(Br)c1)=C/Nc1cccc(Br)c1. The van der Waals surface area contributed by atoms with E-state index in [-0.39, 0.29) is 5.70 Å². The number of halogens is 2. The molecule has 7 heteroatoms. The number of anilines is 1. The van der Waals surface area contributed by atoms with E-state index in [1.165, 1.54) is 12.4 Å². The van der Waals surface area contributed by atoms with Gasteiger partial charge < -0.3 is 5.32 Å². The normalized spacial score (nSPS) is 11.6. The number of nitro groups is 1. The van der Waals surface area contributed by atoms with Crippen LogP contribution in [0.3, 0.4) is 0 Å². The zero-order chi connectivity index (χ0) is 15.9. The molecule has 0 fully saturated rings. The molecule has 0 spiro atoms. The quantitative estimate of drug-likeness (QED) is 0.410. The number of nitrogens with zero attached hydrogens (tertiary/aromatic N) is 2. The number of benzene rings is 2. The van der Waals surface area contributed by atoms with Crippen LogP contribution in [-0.4, -0.2) is 11.1 Å². The summed E-state index contributed by atoms with van der Waals surface area (Å²) in [7, 11) is 0. The van der Waals surface area contributed by atoms with Gasteiger partial charge in [-0.05, 0) is 36.4 Å². The van der Waals surface area contributed by atoms with Crippen molar-refractivity contribution in [1.29, 1.82) is 0 Å². The van der Waals surface area contributed by atoms with E-state index in [2.05, 4.69) is 42.2 Å². The molecule has 2 aromatic rings. The van der Waals surface area contributed by atoms with E-state index >= 15 is 0 Å². The van der Waals surface area contributed by atoms with Crippen molar-refractivity contribution in [1.82, 2.24) is 0 Å². The standard InChI is InChI=1S/C15H11Br2N3O2/c16-11-3-1-5-13(7-11)18-9-15(20(21)22)10-19-14-6-2-4-12(17)8-14/h1-10,18H/b15-9+,19-10?. The lowest BCUT2D eigenvalue weighted by atomic mass is 10.3. The maximum absolute atomic E-state index is 11.1. The Morgan fingerprint density at radius 3 is 2.45 bits per heavy atom. The first-order chi connectivity index (χ1) is 10.5. The van der Waals surface area contributed by atoms with Gasteiger partial charge in [-0.3, -0.25) is 10.1 Å². The van der Waals surface area contributed by atoms with Gasteiger partial charge >= 0.3 is 5.70 Å². The van der Waals surface area contributed by atoms with Crippen LogP contribution in [0.15, 0.2) is 74.4 Å². The highest BCUT2D eigenvalue weighted by molar-refractivity contribution is 9.10. The minimum atomic E-state index is -0.494. The van der Waals surface area contributed by atoms with E-state index in [0.717, 1.165) is 14.6 Å². The number of rotatable bonds is 5. The molecule has 0 aliphatic rings. The molecule has 0 bridgehead atoms. The lowest BCUT2D eigenvalue weighted by molar-refractivity contribution is -0.414. The Bertz CT molecular complexity index is 745. The molecule has 0 amide bonds. The lowest BCUT2D eigenvalue weighted by Crippen LogP contribution is -2.03. The number of hydrogen-bond acceptors (Lipinski definition) is 4. The highest BCUT2D eigenvalue weighted by Crippen LogP contribution is 2.18. The Morgan fingerprint density at radius 1 is 1.14 bits per heavy atom. The smallest absolute Gasteiger partial charge is 0.303 e. The average Bonchev–Trinajstić information content (AvgIpc) is 2.47. The van der Waals surface area contributed by atoms with Gasteiger partial charge in [0.15, 0.2) is 0 Å². The Labute approximate surface area is 144 Å². The third-order valence-electron chi connectivity index (χ3n) is 2.58. The number of nitrogens with one attached hydrogen (secondary N) is 1. The zero-order valence-corrected chi connectivity index (χ0v) is 14.4. The maximum atomic E-state index is 11.1. The third-order valence-corrected chi connectivity index (χ3v) is 3.56. The second kappa shape index (κ2) is 7.86. The van der Waals surface area contributed by atoms with Gasteiger partial charge in [0, 0.05) is 14.6 Å². The second-order valence-electron chi connectivity index (χ2n) is 4.22. The Kier molecular flexibility index (Phi) is 5.85. The number of aliphatic imine (C=N–C) groups is 1. The van der Waals surface area contributed by atoms with Crippen LogP contribution in [0, 0.1) is 10.1 Å². The first-order valence-electron chi connectivity index (χ1n) is 6.21. The first-order valence-corrected chi connectivity index (χ1v) is 7.79. The van der Waals surface area contributed by atoms with E-state index in [9.17, 15) is 10.1 Å². The van der Waals surface area contributed by atoms with Gasteiger partial charge in [-0.2, -0.15) is 0 Å². The molecule has 0 saturated heterocycles. The minimum Gasteiger partial charge on any atom is -0.356 e. The van der Waals surface area contributed by atoms with E-state index in [1.54, 1.807) is 12.1 Å². The molecule has 0 aromatic heterocycles. The summed E-state index contributed by atoms with van der Waals surface area (Å²) in [4.78, 5) is 14.7. The van der Waals surface area contributed by atoms with Crippen molar-refractivity contribution < 1.29 is 4.92 Å². The summed E-state index contributed by atoms with van der Waals surface area (Å²) in [5.41, 5.74) is 1.23. The molecular formula is C15H11Br2N3O2. The average molecular weight is 425 g/mol. The van der Waals surface area contributed by atoms with Crippen molar-refractivity contribution in [3.05, 3.63) is 79.5 Å². The second-order valence-corrected chi connectivity index (χ2v) is 6.05. The fourth-order valence-corrected chi connectivity index (χ4v) is 2.36. The minimum absolute atomic E-state index is 0.139. The fraction of sp³-hybridized carbons (Fsp3) is 0. The molecule has 0 atom stereocenters. The van der Waals surface area contributed by atoms with Crippen LogP contribution in [-0.2, 0) is 0 Å². The van der Waals surface area contributed by atoms with Gasteiger partial charge in [0.1, 0.15) is 6.21 Å². The summed E-state index contributed by atoms with van der Waals surface area (Å²) in [5.74, 6) is 0. The Hall–Kier alpha value is -1.99. The van der Waals surface area contributed by atoms with Crippen LogP contribution in [0.1, 0.15) is 0 Å². The molecule has 0 saturated carbocycles. The largest absolute Gasteiger partial charge is 0.356 e. The molecular weight excluding hydrogens is 414 g/mol. The summed E-state index contributed by atoms with van der Waals surface area (Å²) in [6.45, 7) is 0. The van der Waals surface area contributed by atoms with Gasteiger partial charge in [-0.15, -0.1) is 0 Å². The molecule has 5 nitrogen and oxygen atoms in total. The molecule has 112 valence electrons. The van der Waals surface area contributed by atoms with E-state index in [4.69, 9.17) is 0 Å². The summed E-state index contributed by atoms with van der Waals surface area (Å²) < 4.78 is 1.75. The predicted molar refractivity (Wildman–Crippen MR) is 95.1 cm³/mol. The van der Waals surface area contributed by atoms with E-state index in [1.807, 2.05) is 36.4 Å². The van der Waals surface area contributed by atoms with E-state index < -0.39 is 4.92 Å². The van der Waals surface area contributed by atoms with Crippen LogP contribution in [0.2, 0.25) is 0 Å². The molecule has 0 aliphatic heterocycles. The van der Waals surface area contributed by atoms with Gasteiger partial charge in [-0.1, -0.05) is 44.0 Å². The highest BCUT2D eigenvalue weighted by atomic mass is 79.9. The van der Waals surface area contributed by atoms with Gasteiger partial charge in [-0.25, -0.2) is 4.99 Å². The third kappa shape index (κ3) is 5.09. The lowest BCUT2D eigenvalue weighted by Gasteiger charge is -2.00. The topological polar surface area (TPSA) is 67.5 Å². The van der Waals surface area contributed by atoms with Gasteiger partial charge in [0.05, 0.1) is 16.8 Å². The van der Waals surface area contributed by atoms with Crippen molar-refractivity contribution in [3.8, 4) is 0 Å². The fourth-order valence-electron chi connectivity index (χ4n) is 1.57. The van der Waals surface area contributed by atoms with Crippen LogP contribution in [0.25, 0.3) is 0 Å². The Balaban J connectivity index is 2.16. The molecule has 22 heavy (non-hydrogen) atoms. The molecule has 0 radical (unpaired) electrons. The summed E-state index contributed by atoms with van der Waals surface area (Å²) in [5, 5.41) is 13.9. The molecule has 0 unspecified atom stereocenters. The maximum Gasteiger partial charge on any atom is 0.303 e. The molecule has 1 N–H and O–H groups in total. The number of allylic oxidation sites excluding steroid dienone is 1. The van der Waals surface area contributed by atoms with Crippen LogP contribution in [0.4, 0.5) is 11.4 Å². The summed E-state index contributed by atoms with van der Waals surface area (Å²) in [6, 6.07) is 14.5. The summed E-state index contributed by atoms with van der Waals surface area (Å²) >= 11 is 6.67. The van der Waals surface area contributed by atoms with Crippen molar-refractivity contribution in [2.75, 3.05) is 5.32 Å². The van der Waals surface area contributed by atoms with Crippen LogP contribution in [0.5, 0.6) is 0 Å². The highest BCUT2D eigenvalue weighted by Gasteiger charge is 2.07. The van der Waals surface area contributed by atoms with Crippen molar-refractivity contribution in [2.24, 2.45) is 4.99 Å². The predicted octanol–water partition coefficient (Wildman–Crippen LogP) is 5.14. The van der Waals surface area contributed by atoms with E-state index in [0.29, 0.717) is 5.69 Å². The molecule has 2 rings (SSSR count).